The molecule has 4 N–H and O–H groups in total. The fourth-order valence-corrected chi connectivity index (χ4v) is 1.76. The molecule has 0 spiro atoms. The van der Waals surface area contributed by atoms with Gasteiger partial charge in [0.2, 0.25) is 0 Å². The molecule has 4 nitrogen and oxygen atoms in total. The topological polar surface area (TPSA) is 67.2 Å². The molecule has 0 aliphatic heterocycles. The van der Waals surface area contributed by atoms with Gasteiger partial charge in [0.1, 0.15) is 0 Å². The Bertz CT molecular complexity index is 537. The molecule has 19 heavy (non-hydrogen) atoms. The Kier molecular flexibility index (Phi) is 4.03. The SMILES string of the molecule is C[C@H](NC(=O)Nc1ccc(N)cc1)c1ccccc1. The fraction of sp³-hybridized carbons (Fsp3) is 0.133. The first-order valence-corrected chi connectivity index (χ1v) is 6.13. The molecule has 2 rings (SSSR count). The summed E-state index contributed by atoms with van der Waals surface area (Å²) in [5, 5.41) is 5.64. The van der Waals surface area contributed by atoms with Crippen molar-refractivity contribution in [3.8, 4) is 0 Å². The van der Waals surface area contributed by atoms with Gasteiger partial charge in [-0.25, -0.2) is 4.79 Å². The Hall–Kier alpha value is -2.49. The molecule has 0 heterocycles. The quantitative estimate of drug-likeness (QED) is 0.737. The van der Waals surface area contributed by atoms with E-state index in [4.69, 9.17) is 5.73 Å². The van der Waals surface area contributed by atoms with Gasteiger partial charge in [-0.1, -0.05) is 30.3 Å². The van der Waals surface area contributed by atoms with Crippen LogP contribution in [0, 0.1) is 0 Å². The molecular weight excluding hydrogens is 238 g/mol. The van der Waals surface area contributed by atoms with E-state index in [0.29, 0.717) is 11.4 Å². The highest BCUT2D eigenvalue weighted by Gasteiger charge is 2.08. The Balaban J connectivity index is 1.93. The number of nitrogen functional groups attached to an aromatic ring is 1. The molecule has 0 saturated carbocycles. The van der Waals surface area contributed by atoms with Gasteiger partial charge >= 0.3 is 6.03 Å². The third-order valence-electron chi connectivity index (χ3n) is 2.82. The summed E-state index contributed by atoms with van der Waals surface area (Å²) in [5.41, 5.74) is 8.04. The zero-order chi connectivity index (χ0) is 13.7. The third-order valence-corrected chi connectivity index (χ3v) is 2.82. The summed E-state index contributed by atoms with van der Waals surface area (Å²) in [6, 6.07) is 16.6. The monoisotopic (exact) mass is 255 g/mol. The van der Waals surface area contributed by atoms with E-state index >= 15 is 0 Å². The first-order chi connectivity index (χ1) is 9.15. The molecular formula is C15H17N3O. The van der Waals surface area contributed by atoms with Gasteiger partial charge in [-0.05, 0) is 36.8 Å². The van der Waals surface area contributed by atoms with Crippen molar-refractivity contribution in [1.29, 1.82) is 0 Å². The van der Waals surface area contributed by atoms with E-state index in [0.717, 1.165) is 5.56 Å². The lowest BCUT2D eigenvalue weighted by atomic mass is 10.1. The van der Waals surface area contributed by atoms with Crippen LogP contribution in [-0.2, 0) is 0 Å². The Labute approximate surface area is 112 Å². The number of rotatable bonds is 3. The third kappa shape index (κ3) is 3.74. The Morgan fingerprint density at radius 1 is 1.05 bits per heavy atom. The summed E-state index contributed by atoms with van der Waals surface area (Å²) < 4.78 is 0. The molecule has 0 aliphatic carbocycles. The lowest BCUT2D eigenvalue weighted by molar-refractivity contribution is 0.249. The molecule has 2 aromatic rings. The summed E-state index contributed by atoms with van der Waals surface area (Å²) in [7, 11) is 0. The van der Waals surface area contributed by atoms with Crippen molar-refractivity contribution >= 4 is 17.4 Å². The van der Waals surface area contributed by atoms with Crippen LogP contribution in [0.4, 0.5) is 16.2 Å². The van der Waals surface area contributed by atoms with E-state index in [-0.39, 0.29) is 12.1 Å². The van der Waals surface area contributed by atoms with Crippen molar-refractivity contribution in [1.82, 2.24) is 5.32 Å². The normalized spacial score (nSPS) is 11.6. The van der Waals surface area contributed by atoms with E-state index in [1.807, 2.05) is 37.3 Å². The molecule has 0 aromatic heterocycles. The second-order valence-electron chi connectivity index (χ2n) is 4.35. The van der Waals surface area contributed by atoms with Crippen LogP contribution >= 0.6 is 0 Å². The molecule has 1 atom stereocenters. The van der Waals surface area contributed by atoms with E-state index in [2.05, 4.69) is 10.6 Å². The average Bonchev–Trinajstić information content (AvgIpc) is 2.42. The van der Waals surface area contributed by atoms with Gasteiger partial charge in [0.25, 0.3) is 0 Å². The minimum absolute atomic E-state index is 0.0463. The molecule has 0 fully saturated rings. The van der Waals surface area contributed by atoms with E-state index in [1.165, 1.54) is 0 Å². The smallest absolute Gasteiger partial charge is 0.319 e. The summed E-state index contributed by atoms with van der Waals surface area (Å²) in [6.45, 7) is 1.94. The average molecular weight is 255 g/mol. The minimum Gasteiger partial charge on any atom is -0.399 e. The van der Waals surface area contributed by atoms with Crippen LogP contribution in [0.15, 0.2) is 54.6 Å². The number of anilines is 2. The van der Waals surface area contributed by atoms with Gasteiger partial charge in [-0.2, -0.15) is 0 Å². The Morgan fingerprint density at radius 3 is 2.32 bits per heavy atom. The number of nitrogens with two attached hydrogens (primary N) is 1. The van der Waals surface area contributed by atoms with Crippen molar-refractivity contribution in [3.05, 3.63) is 60.2 Å². The molecule has 0 aliphatic rings. The lowest BCUT2D eigenvalue weighted by Gasteiger charge is -2.15. The zero-order valence-corrected chi connectivity index (χ0v) is 10.8. The summed E-state index contributed by atoms with van der Waals surface area (Å²) >= 11 is 0. The van der Waals surface area contributed by atoms with Crippen LogP contribution in [0.1, 0.15) is 18.5 Å². The second kappa shape index (κ2) is 5.91. The maximum Gasteiger partial charge on any atom is 0.319 e. The largest absolute Gasteiger partial charge is 0.399 e. The minimum atomic E-state index is -0.235. The van der Waals surface area contributed by atoms with Crippen LogP contribution in [-0.4, -0.2) is 6.03 Å². The number of amides is 2. The van der Waals surface area contributed by atoms with Gasteiger partial charge in [0, 0.05) is 11.4 Å². The molecule has 0 saturated heterocycles. The van der Waals surface area contributed by atoms with E-state index in [9.17, 15) is 4.79 Å². The maximum absolute atomic E-state index is 11.8. The van der Waals surface area contributed by atoms with Crippen LogP contribution in [0.3, 0.4) is 0 Å². The number of hydrogen-bond acceptors (Lipinski definition) is 2. The highest BCUT2D eigenvalue weighted by Crippen LogP contribution is 2.13. The highest BCUT2D eigenvalue weighted by atomic mass is 16.2. The Morgan fingerprint density at radius 2 is 1.68 bits per heavy atom. The van der Waals surface area contributed by atoms with Gasteiger partial charge < -0.3 is 16.4 Å². The van der Waals surface area contributed by atoms with Crippen molar-refractivity contribution in [2.75, 3.05) is 11.1 Å². The van der Waals surface area contributed by atoms with Crippen LogP contribution < -0.4 is 16.4 Å². The first-order valence-electron chi connectivity index (χ1n) is 6.13. The van der Waals surface area contributed by atoms with Crippen LogP contribution in [0.2, 0.25) is 0 Å². The number of urea groups is 1. The van der Waals surface area contributed by atoms with Crippen molar-refractivity contribution in [3.63, 3.8) is 0 Å². The van der Waals surface area contributed by atoms with Gasteiger partial charge in [-0.15, -0.1) is 0 Å². The van der Waals surface area contributed by atoms with Crippen LogP contribution in [0.5, 0.6) is 0 Å². The summed E-state index contributed by atoms with van der Waals surface area (Å²) in [5.74, 6) is 0. The molecule has 4 heteroatoms. The van der Waals surface area contributed by atoms with E-state index in [1.54, 1.807) is 24.3 Å². The highest BCUT2D eigenvalue weighted by molar-refractivity contribution is 5.89. The molecule has 2 aromatic carbocycles. The predicted octanol–water partition coefficient (Wildman–Crippen LogP) is 3.15. The fourth-order valence-electron chi connectivity index (χ4n) is 1.76. The van der Waals surface area contributed by atoms with E-state index < -0.39 is 0 Å². The molecule has 98 valence electrons. The number of carbonyl (C=O) groups excluding carboxylic acids is 1. The number of hydrogen-bond donors (Lipinski definition) is 3. The van der Waals surface area contributed by atoms with Gasteiger partial charge in [0.15, 0.2) is 0 Å². The predicted molar refractivity (Wildman–Crippen MR) is 77.9 cm³/mol. The molecule has 2 amide bonds. The van der Waals surface area contributed by atoms with Crippen molar-refractivity contribution in [2.24, 2.45) is 0 Å². The number of carbonyl (C=O) groups is 1. The summed E-state index contributed by atoms with van der Waals surface area (Å²) in [6.07, 6.45) is 0. The zero-order valence-electron chi connectivity index (χ0n) is 10.8. The molecule has 0 bridgehead atoms. The van der Waals surface area contributed by atoms with Crippen molar-refractivity contribution in [2.45, 2.75) is 13.0 Å². The maximum atomic E-state index is 11.8. The first kappa shape index (κ1) is 13.0. The standard InChI is InChI=1S/C15H17N3O/c1-11(12-5-3-2-4-6-12)17-15(19)18-14-9-7-13(16)8-10-14/h2-11H,16H2,1H3,(H2,17,18,19)/t11-/m0/s1. The molecule has 0 unspecified atom stereocenters. The second-order valence-corrected chi connectivity index (χ2v) is 4.35. The van der Waals surface area contributed by atoms with Crippen molar-refractivity contribution < 1.29 is 4.79 Å². The van der Waals surface area contributed by atoms with Gasteiger partial charge in [0.05, 0.1) is 6.04 Å². The van der Waals surface area contributed by atoms with Gasteiger partial charge in [-0.3, -0.25) is 0 Å². The lowest BCUT2D eigenvalue weighted by Crippen LogP contribution is -2.31. The number of benzene rings is 2. The number of nitrogens with one attached hydrogen (secondary N) is 2. The molecule has 0 radical (unpaired) electrons. The summed E-state index contributed by atoms with van der Waals surface area (Å²) in [4.78, 5) is 11.8. The van der Waals surface area contributed by atoms with Crippen LogP contribution in [0.25, 0.3) is 0 Å².